The van der Waals surface area contributed by atoms with Crippen molar-refractivity contribution < 1.29 is 14.3 Å². The summed E-state index contributed by atoms with van der Waals surface area (Å²) in [6.45, 7) is 0.698. The number of ether oxygens (including phenoxy) is 2. The zero-order chi connectivity index (χ0) is 10.5. The Hall–Kier alpha value is -1.35. The predicted octanol–water partition coefficient (Wildman–Crippen LogP) is 1.91. The highest BCUT2D eigenvalue weighted by atomic mass is 16.7. The van der Waals surface area contributed by atoms with Crippen LogP contribution in [0.4, 0.5) is 0 Å². The van der Waals surface area contributed by atoms with Crippen LogP contribution in [0.25, 0.3) is 0 Å². The summed E-state index contributed by atoms with van der Waals surface area (Å²) < 4.78 is 10.4. The van der Waals surface area contributed by atoms with Crippen LogP contribution in [0.1, 0.15) is 18.4 Å². The first kappa shape index (κ1) is 10.2. The molecule has 1 heterocycles. The second kappa shape index (κ2) is 4.94. The van der Waals surface area contributed by atoms with Crippen molar-refractivity contribution in [2.75, 3.05) is 6.61 Å². The summed E-state index contributed by atoms with van der Waals surface area (Å²) in [5.41, 5.74) is 0.973. The number of benzene rings is 1. The molecule has 0 N–H and O–H groups in total. The van der Waals surface area contributed by atoms with Crippen LogP contribution in [-0.4, -0.2) is 18.9 Å². The average molecular weight is 206 g/mol. The van der Waals surface area contributed by atoms with E-state index < -0.39 is 0 Å². The molecule has 1 fully saturated rings. The Morgan fingerprint density at radius 1 is 1.40 bits per heavy atom. The van der Waals surface area contributed by atoms with Crippen LogP contribution in [0, 0.1) is 0 Å². The van der Waals surface area contributed by atoms with E-state index in [9.17, 15) is 4.79 Å². The standard InChI is InChI=1S/C12H14O3/c13-11(15-12-7-4-8-14-12)9-10-5-2-1-3-6-10/h1-3,5-6,12H,4,7-9H2. The third kappa shape index (κ3) is 3.06. The lowest BCUT2D eigenvalue weighted by Crippen LogP contribution is -2.18. The molecule has 0 saturated carbocycles. The molecule has 1 atom stereocenters. The number of hydrogen-bond donors (Lipinski definition) is 0. The Kier molecular flexibility index (Phi) is 3.35. The maximum absolute atomic E-state index is 11.5. The van der Waals surface area contributed by atoms with Crippen LogP contribution in [-0.2, 0) is 20.7 Å². The third-order valence-corrected chi connectivity index (χ3v) is 2.34. The highest BCUT2D eigenvalue weighted by Crippen LogP contribution is 2.14. The molecule has 1 saturated heterocycles. The van der Waals surface area contributed by atoms with Crippen molar-refractivity contribution in [1.82, 2.24) is 0 Å². The topological polar surface area (TPSA) is 35.5 Å². The normalized spacial score (nSPS) is 20.1. The lowest BCUT2D eigenvalue weighted by atomic mass is 10.2. The van der Waals surface area contributed by atoms with Gasteiger partial charge in [0.15, 0.2) is 0 Å². The maximum Gasteiger partial charge on any atom is 0.312 e. The maximum atomic E-state index is 11.5. The van der Waals surface area contributed by atoms with Crippen LogP contribution in [0.3, 0.4) is 0 Å². The average Bonchev–Trinajstić information content (AvgIpc) is 2.71. The van der Waals surface area contributed by atoms with Gasteiger partial charge in [-0.05, 0) is 12.0 Å². The highest BCUT2D eigenvalue weighted by molar-refractivity contribution is 5.72. The highest BCUT2D eigenvalue weighted by Gasteiger charge is 2.19. The summed E-state index contributed by atoms with van der Waals surface area (Å²) >= 11 is 0. The Morgan fingerprint density at radius 2 is 2.20 bits per heavy atom. The van der Waals surface area contributed by atoms with Gasteiger partial charge in [0.2, 0.25) is 6.29 Å². The first-order chi connectivity index (χ1) is 7.34. The molecule has 3 nitrogen and oxygen atoms in total. The molecule has 0 spiro atoms. The van der Waals surface area contributed by atoms with Crippen molar-refractivity contribution in [3.63, 3.8) is 0 Å². The van der Waals surface area contributed by atoms with Crippen molar-refractivity contribution in [2.45, 2.75) is 25.6 Å². The van der Waals surface area contributed by atoms with E-state index in [0.717, 1.165) is 18.4 Å². The van der Waals surface area contributed by atoms with E-state index in [-0.39, 0.29) is 12.3 Å². The van der Waals surface area contributed by atoms with Gasteiger partial charge in [0, 0.05) is 6.42 Å². The van der Waals surface area contributed by atoms with Crippen LogP contribution in [0.5, 0.6) is 0 Å². The zero-order valence-electron chi connectivity index (χ0n) is 8.52. The minimum atomic E-state index is -0.318. The van der Waals surface area contributed by atoms with Gasteiger partial charge in [-0.1, -0.05) is 30.3 Å². The number of esters is 1. The molecule has 0 bridgehead atoms. The van der Waals surface area contributed by atoms with Gasteiger partial charge < -0.3 is 9.47 Å². The van der Waals surface area contributed by atoms with Crippen molar-refractivity contribution in [1.29, 1.82) is 0 Å². The van der Waals surface area contributed by atoms with Gasteiger partial charge in [-0.25, -0.2) is 0 Å². The van der Waals surface area contributed by atoms with E-state index in [1.54, 1.807) is 0 Å². The Morgan fingerprint density at radius 3 is 2.87 bits per heavy atom. The molecule has 0 amide bonds. The van der Waals surface area contributed by atoms with Crippen molar-refractivity contribution in [3.05, 3.63) is 35.9 Å². The fourth-order valence-electron chi connectivity index (χ4n) is 1.59. The van der Waals surface area contributed by atoms with Crippen LogP contribution in [0.15, 0.2) is 30.3 Å². The molecule has 1 aliphatic rings. The summed E-state index contributed by atoms with van der Waals surface area (Å²) in [7, 11) is 0. The second-order valence-corrected chi connectivity index (χ2v) is 3.59. The molecule has 0 radical (unpaired) electrons. The van der Waals surface area contributed by atoms with Crippen LogP contribution in [0.2, 0.25) is 0 Å². The van der Waals surface area contributed by atoms with E-state index in [4.69, 9.17) is 9.47 Å². The monoisotopic (exact) mass is 206 g/mol. The predicted molar refractivity (Wildman–Crippen MR) is 55.2 cm³/mol. The first-order valence-corrected chi connectivity index (χ1v) is 5.19. The smallest absolute Gasteiger partial charge is 0.312 e. The molecule has 80 valence electrons. The van der Waals surface area contributed by atoms with Crippen LogP contribution >= 0.6 is 0 Å². The molecule has 1 unspecified atom stereocenters. The lowest BCUT2D eigenvalue weighted by Gasteiger charge is -2.10. The fraction of sp³-hybridized carbons (Fsp3) is 0.417. The Balaban J connectivity index is 1.82. The Bertz CT molecular complexity index is 315. The van der Waals surface area contributed by atoms with Gasteiger partial charge in [0.25, 0.3) is 0 Å². The number of carbonyl (C=O) groups is 1. The second-order valence-electron chi connectivity index (χ2n) is 3.59. The number of hydrogen-bond acceptors (Lipinski definition) is 3. The van der Waals surface area contributed by atoms with E-state index in [1.807, 2.05) is 30.3 Å². The minimum Gasteiger partial charge on any atom is -0.435 e. The van der Waals surface area contributed by atoms with Gasteiger partial charge in [0.05, 0.1) is 13.0 Å². The van der Waals surface area contributed by atoms with Gasteiger partial charge in [-0.15, -0.1) is 0 Å². The SMILES string of the molecule is O=C(Cc1ccccc1)OC1CCCO1. The molecular formula is C12H14O3. The van der Waals surface area contributed by atoms with E-state index in [0.29, 0.717) is 13.0 Å². The summed E-state index contributed by atoms with van der Waals surface area (Å²) in [4.78, 5) is 11.5. The minimum absolute atomic E-state index is 0.215. The van der Waals surface area contributed by atoms with Crippen molar-refractivity contribution in [2.24, 2.45) is 0 Å². The fourth-order valence-corrected chi connectivity index (χ4v) is 1.59. The zero-order valence-corrected chi connectivity index (χ0v) is 8.52. The number of carbonyl (C=O) groups excluding carboxylic acids is 1. The molecule has 0 aliphatic carbocycles. The molecule has 1 aliphatic heterocycles. The quantitative estimate of drug-likeness (QED) is 0.709. The molecule has 0 aromatic heterocycles. The molecular weight excluding hydrogens is 192 g/mol. The van der Waals surface area contributed by atoms with Gasteiger partial charge >= 0.3 is 5.97 Å². The van der Waals surface area contributed by atoms with Gasteiger partial charge in [-0.3, -0.25) is 4.79 Å². The summed E-state index contributed by atoms with van der Waals surface area (Å²) in [6.07, 6.45) is 1.80. The molecule has 3 heteroatoms. The van der Waals surface area contributed by atoms with Crippen molar-refractivity contribution in [3.8, 4) is 0 Å². The lowest BCUT2D eigenvalue weighted by molar-refractivity contribution is -0.168. The van der Waals surface area contributed by atoms with Gasteiger partial charge in [0.1, 0.15) is 0 Å². The summed E-state index contributed by atoms with van der Waals surface area (Å²) in [5, 5.41) is 0. The van der Waals surface area contributed by atoms with E-state index >= 15 is 0 Å². The largest absolute Gasteiger partial charge is 0.435 e. The molecule has 15 heavy (non-hydrogen) atoms. The van der Waals surface area contributed by atoms with E-state index in [2.05, 4.69) is 0 Å². The third-order valence-electron chi connectivity index (χ3n) is 2.34. The van der Waals surface area contributed by atoms with E-state index in [1.165, 1.54) is 0 Å². The molecule has 2 rings (SSSR count). The summed E-state index contributed by atoms with van der Waals surface area (Å²) in [5.74, 6) is -0.215. The molecule has 1 aromatic carbocycles. The molecule has 1 aromatic rings. The van der Waals surface area contributed by atoms with Gasteiger partial charge in [-0.2, -0.15) is 0 Å². The summed E-state index contributed by atoms with van der Waals surface area (Å²) in [6, 6.07) is 9.58. The first-order valence-electron chi connectivity index (χ1n) is 5.19. The van der Waals surface area contributed by atoms with Crippen molar-refractivity contribution >= 4 is 5.97 Å². The Labute approximate surface area is 89.0 Å². The van der Waals surface area contributed by atoms with Crippen LogP contribution < -0.4 is 0 Å². The number of rotatable bonds is 3.